The number of hydrogen-bond acceptors (Lipinski definition) is 3. The molecule has 49 heavy (non-hydrogen) atoms. The summed E-state index contributed by atoms with van der Waals surface area (Å²) in [6, 6.07) is 31.4. The topological polar surface area (TPSA) is 38.9 Å². The first-order valence-electron chi connectivity index (χ1n) is 20.2. The molecule has 0 aliphatic carbocycles. The van der Waals surface area contributed by atoms with Gasteiger partial charge < -0.3 is 14.4 Å². The van der Waals surface area contributed by atoms with Gasteiger partial charge in [-0.15, -0.1) is 53.1 Å². The molecule has 8 rings (SSSR count). The van der Waals surface area contributed by atoms with E-state index in [1.807, 2.05) is 61.5 Å². The summed E-state index contributed by atoms with van der Waals surface area (Å²) in [6.45, 7) is -5.83. The normalized spacial score (nSPS) is 15.9. The van der Waals surface area contributed by atoms with Crippen molar-refractivity contribution in [2.75, 3.05) is 0 Å². The van der Waals surface area contributed by atoms with Crippen molar-refractivity contribution in [2.45, 2.75) is 40.0 Å². The van der Waals surface area contributed by atoms with E-state index < -0.39 is 49.8 Å². The predicted octanol–water partition coefficient (Wildman–Crippen LogP) is 11.6. The molecule has 0 unspecified atom stereocenters. The van der Waals surface area contributed by atoms with E-state index in [1.54, 1.807) is 24.3 Å². The molecule has 7 heteroatoms. The van der Waals surface area contributed by atoms with Crippen LogP contribution in [0.4, 0.5) is 13.2 Å². The van der Waals surface area contributed by atoms with Crippen molar-refractivity contribution in [1.82, 2.24) is 9.97 Å². The van der Waals surface area contributed by atoms with Crippen LogP contribution in [0, 0.1) is 39.6 Å². The maximum atomic E-state index is 13.9. The van der Waals surface area contributed by atoms with Crippen molar-refractivity contribution >= 4 is 43.5 Å². The van der Waals surface area contributed by atoms with Gasteiger partial charge >= 0.3 is 6.18 Å². The number of hydrogen-bond donors (Lipinski definition) is 0. The van der Waals surface area contributed by atoms with Gasteiger partial charge in [-0.05, 0) is 59.2 Å². The average Bonchev–Trinajstić information content (AvgIpc) is 3.55. The first kappa shape index (κ1) is 22.7. The third-order valence-electron chi connectivity index (χ3n) is 7.82. The summed E-state index contributed by atoms with van der Waals surface area (Å²) in [4.78, 5) is 8.26. The van der Waals surface area contributed by atoms with E-state index in [9.17, 15) is 13.2 Å². The monoisotopic (exact) mass is 840 g/mol. The number of furan rings is 1. The van der Waals surface area contributed by atoms with E-state index in [0.717, 1.165) is 51.3 Å². The summed E-state index contributed by atoms with van der Waals surface area (Å²) in [5.41, 5.74) is 0.890. The van der Waals surface area contributed by atoms with Gasteiger partial charge in [0.2, 0.25) is 0 Å². The van der Waals surface area contributed by atoms with Gasteiger partial charge in [0.05, 0.1) is 12.0 Å². The van der Waals surface area contributed by atoms with Crippen molar-refractivity contribution in [3.63, 3.8) is 0 Å². The van der Waals surface area contributed by atoms with Crippen LogP contribution in [0.3, 0.4) is 0 Å². The van der Waals surface area contributed by atoms with Crippen molar-refractivity contribution in [2.24, 2.45) is 0 Å². The average molecular weight is 840 g/mol. The largest absolute Gasteiger partial charge is 0.500 e. The Morgan fingerprint density at radius 2 is 1.53 bits per heavy atom. The van der Waals surface area contributed by atoms with Gasteiger partial charge in [0.25, 0.3) is 0 Å². The van der Waals surface area contributed by atoms with Gasteiger partial charge in [-0.3, -0.25) is 0 Å². The smallest absolute Gasteiger partial charge is 0.391 e. The molecule has 0 amide bonds. The number of pyridine rings is 2. The molecule has 3 aromatic heterocycles. The molecule has 0 N–H and O–H groups in total. The van der Waals surface area contributed by atoms with E-state index in [2.05, 4.69) is 22.1 Å². The van der Waals surface area contributed by atoms with Crippen LogP contribution in [0.15, 0.2) is 108 Å². The first-order valence-corrected chi connectivity index (χ1v) is 14.7. The van der Waals surface area contributed by atoms with Crippen LogP contribution in [-0.2, 0) is 26.5 Å². The molecule has 0 fully saturated rings. The van der Waals surface area contributed by atoms with Gasteiger partial charge in [-0.2, -0.15) is 13.2 Å². The number of halogens is 3. The Hall–Kier alpha value is -4.84. The minimum absolute atomic E-state index is 0. The Labute approximate surface area is 311 Å². The Morgan fingerprint density at radius 3 is 2.27 bits per heavy atom. The summed E-state index contributed by atoms with van der Waals surface area (Å²) in [7, 11) is 0. The summed E-state index contributed by atoms with van der Waals surface area (Å²) in [6.07, 6.45) is -6.90. The number of fused-ring (bicyclic) bond motifs is 7. The zero-order valence-corrected chi connectivity index (χ0v) is 28.0. The van der Waals surface area contributed by atoms with Gasteiger partial charge in [-0.25, -0.2) is 0 Å². The molecule has 1 radical (unpaired) electrons. The summed E-state index contributed by atoms with van der Waals surface area (Å²) >= 11 is 0. The zero-order valence-electron chi connectivity index (χ0n) is 36.6. The molecule has 0 saturated heterocycles. The van der Waals surface area contributed by atoms with Gasteiger partial charge in [0.15, 0.2) is 0 Å². The molecule has 247 valence electrons. The van der Waals surface area contributed by atoms with Gasteiger partial charge in [0, 0.05) is 58.3 Å². The van der Waals surface area contributed by atoms with E-state index in [4.69, 9.17) is 19.5 Å². The second-order valence-electron chi connectivity index (χ2n) is 11.2. The van der Waals surface area contributed by atoms with Crippen LogP contribution >= 0.6 is 0 Å². The molecule has 0 atom stereocenters. The SMILES string of the molecule is [2H]C([2H])([2H])c1ccc(-c2[c-]cc(C)cc2)nc1.[2H]C([2H])([2H])c1cnc(-c2[c-]c(C([2H])([2H])C(F)(F)F)cc3c2oc2c3ccc3ccc4ccccc4c32)cc1C([2H])([2H])[2H].[Ir]. The minimum atomic E-state index is -5.31. The number of aryl methyl sites for hydroxylation is 4. The number of aromatic nitrogens is 2. The fraction of sp³-hybridized carbons (Fsp3) is 0.143. The number of benzene rings is 5. The molecule has 3 nitrogen and oxygen atoms in total. The summed E-state index contributed by atoms with van der Waals surface area (Å²) in [5, 5.41) is 3.72. The second-order valence-corrected chi connectivity index (χ2v) is 11.2. The molecule has 3 heterocycles. The fourth-order valence-electron chi connectivity index (χ4n) is 5.57. The zero-order chi connectivity index (χ0) is 42.9. The Kier molecular flexibility index (Phi) is 6.30. The first-order chi connectivity index (χ1) is 27.4. The maximum absolute atomic E-state index is 13.9. The fourth-order valence-corrected chi connectivity index (χ4v) is 5.57. The standard InChI is InChI=1S/C29H19F3NO.C13H12N.Ir/c1-16-11-25(33-15-17(16)2)24-13-18(14-29(30,31)32)12-23-22-10-9-20-8-7-19-5-3-4-6-21(19)26(20)28(22)34-27(23)24;1-10-3-6-12(7-4-10)13-8-5-11(2)9-14-13;/h3-12,15H,14H2,1-2H3;3-6,8-9H,1-2H3;/q2*-1;/i1D3,2D3,14D2;2D3;. The molecule has 0 aliphatic rings. The quantitative estimate of drug-likeness (QED) is 0.131. The van der Waals surface area contributed by atoms with Crippen molar-refractivity contribution < 1.29 is 52.8 Å². The summed E-state index contributed by atoms with van der Waals surface area (Å²) in [5.74, 6) is 0. The molecular weight excluding hydrogens is 798 g/mol. The molecular formula is C42H31F3IrN2O-2. The van der Waals surface area contributed by atoms with E-state index in [0.29, 0.717) is 16.4 Å². The van der Waals surface area contributed by atoms with Crippen LogP contribution in [0.5, 0.6) is 0 Å². The Balaban J connectivity index is 0.000000281. The van der Waals surface area contributed by atoms with Crippen LogP contribution in [-0.4, -0.2) is 16.1 Å². The molecule has 0 saturated carbocycles. The molecule has 8 aromatic rings. The van der Waals surface area contributed by atoms with Crippen LogP contribution < -0.4 is 0 Å². The van der Waals surface area contributed by atoms with E-state index in [1.165, 1.54) is 6.20 Å². The van der Waals surface area contributed by atoms with E-state index >= 15 is 0 Å². The molecule has 0 spiro atoms. The molecule has 0 aliphatic heterocycles. The van der Waals surface area contributed by atoms with Crippen molar-refractivity contribution in [3.8, 4) is 22.5 Å². The maximum Gasteiger partial charge on any atom is 0.391 e. The number of alkyl halides is 3. The molecule has 5 aromatic carbocycles. The van der Waals surface area contributed by atoms with Crippen molar-refractivity contribution in [3.05, 3.63) is 143 Å². The molecule has 0 bridgehead atoms. The van der Waals surface area contributed by atoms with Gasteiger partial charge in [-0.1, -0.05) is 90.2 Å². The van der Waals surface area contributed by atoms with Gasteiger partial charge in [0.1, 0.15) is 5.58 Å². The van der Waals surface area contributed by atoms with E-state index in [-0.39, 0.29) is 47.9 Å². The summed E-state index contributed by atoms with van der Waals surface area (Å²) < 4.78 is 133. The minimum Gasteiger partial charge on any atom is -0.500 e. The van der Waals surface area contributed by atoms with Crippen LogP contribution in [0.1, 0.15) is 42.9 Å². The third kappa shape index (κ3) is 7.01. The predicted molar refractivity (Wildman–Crippen MR) is 188 cm³/mol. The van der Waals surface area contributed by atoms with Crippen LogP contribution in [0.2, 0.25) is 0 Å². The van der Waals surface area contributed by atoms with Crippen molar-refractivity contribution in [1.29, 1.82) is 0 Å². The van der Waals surface area contributed by atoms with Crippen LogP contribution in [0.25, 0.3) is 66.0 Å². The Bertz CT molecular complexity index is 2870. The second kappa shape index (κ2) is 13.6. The Morgan fingerprint density at radius 1 is 0.755 bits per heavy atom. The number of rotatable bonds is 3. The third-order valence-corrected chi connectivity index (χ3v) is 7.82. The number of nitrogens with zero attached hydrogens (tertiary/aromatic N) is 2.